The van der Waals surface area contributed by atoms with E-state index in [-0.39, 0.29) is 0 Å². The molecule has 4 nitrogen and oxygen atoms in total. The summed E-state index contributed by atoms with van der Waals surface area (Å²) in [7, 11) is 0. The first kappa shape index (κ1) is 13.2. The largest absolute Gasteiger partial charge is 0.383 e. The number of hydrogen-bond donors (Lipinski definition) is 1. The van der Waals surface area contributed by atoms with Gasteiger partial charge in [0.15, 0.2) is 5.82 Å². The van der Waals surface area contributed by atoms with Crippen LogP contribution in [0.15, 0.2) is 48.7 Å². The molecule has 0 bridgehead atoms. The summed E-state index contributed by atoms with van der Waals surface area (Å²) in [6, 6.07) is 13.9. The van der Waals surface area contributed by atoms with E-state index in [4.69, 9.17) is 5.73 Å². The second-order valence-corrected chi connectivity index (χ2v) is 4.96. The molecule has 0 fully saturated rings. The highest BCUT2D eigenvalue weighted by Crippen LogP contribution is 2.27. The van der Waals surface area contributed by atoms with Crippen LogP contribution in [0, 0.1) is 13.8 Å². The molecule has 0 saturated heterocycles. The summed E-state index contributed by atoms with van der Waals surface area (Å²) in [6.45, 7) is 3.89. The Labute approximate surface area is 123 Å². The molecule has 0 atom stereocenters. The molecule has 104 valence electrons. The first-order valence-electron chi connectivity index (χ1n) is 6.77. The number of benzene rings is 1. The van der Waals surface area contributed by atoms with Gasteiger partial charge < -0.3 is 5.73 Å². The zero-order valence-electron chi connectivity index (χ0n) is 12.0. The third-order valence-corrected chi connectivity index (χ3v) is 3.40. The van der Waals surface area contributed by atoms with E-state index >= 15 is 0 Å². The number of nitrogens with zero attached hydrogens (tertiary/aromatic N) is 3. The fourth-order valence-electron chi connectivity index (χ4n) is 2.14. The zero-order valence-corrected chi connectivity index (χ0v) is 12.0. The van der Waals surface area contributed by atoms with Crippen molar-refractivity contribution in [3.05, 3.63) is 59.9 Å². The molecule has 0 aliphatic rings. The van der Waals surface area contributed by atoms with Gasteiger partial charge in [-0.15, -0.1) is 0 Å². The van der Waals surface area contributed by atoms with Crippen molar-refractivity contribution in [3.8, 4) is 22.6 Å². The lowest BCUT2D eigenvalue weighted by Crippen LogP contribution is -2.02. The summed E-state index contributed by atoms with van der Waals surface area (Å²) in [4.78, 5) is 13.3. The van der Waals surface area contributed by atoms with Crippen molar-refractivity contribution in [2.24, 2.45) is 0 Å². The van der Waals surface area contributed by atoms with Crippen LogP contribution in [0.5, 0.6) is 0 Å². The minimum atomic E-state index is 0.499. The van der Waals surface area contributed by atoms with E-state index in [0.717, 1.165) is 28.1 Å². The van der Waals surface area contributed by atoms with E-state index in [1.165, 1.54) is 0 Å². The Morgan fingerprint density at radius 1 is 0.857 bits per heavy atom. The fourth-order valence-corrected chi connectivity index (χ4v) is 2.14. The van der Waals surface area contributed by atoms with Gasteiger partial charge in [-0.25, -0.2) is 9.97 Å². The number of pyridine rings is 1. The molecular formula is C17H16N4. The summed E-state index contributed by atoms with van der Waals surface area (Å²) in [5.74, 6) is 1.10. The lowest BCUT2D eigenvalue weighted by Gasteiger charge is -2.10. The maximum Gasteiger partial charge on any atom is 0.163 e. The van der Waals surface area contributed by atoms with Gasteiger partial charge in [-0.05, 0) is 26.0 Å². The monoisotopic (exact) mass is 276 g/mol. The number of hydrogen-bond acceptors (Lipinski definition) is 4. The lowest BCUT2D eigenvalue weighted by atomic mass is 10.1. The number of nitrogens with two attached hydrogens (primary N) is 1. The van der Waals surface area contributed by atoms with Gasteiger partial charge in [0, 0.05) is 28.6 Å². The Morgan fingerprint density at radius 3 is 2.29 bits per heavy atom. The fraction of sp³-hybridized carbons (Fsp3) is 0.118. The molecule has 0 aliphatic carbocycles. The van der Waals surface area contributed by atoms with Crippen LogP contribution in [0.2, 0.25) is 0 Å². The molecule has 0 radical (unpaired) electrons. The minimum absolute atomic E-state index is 0.499. The van der Waals surface area contributed by atoms with E-state index in [1.807, 2.05) is 56.3 Å². The molecule has 2 N–H and O–H groups in total. The van der Waals surface area contributed by atoms with E-state index in [9.17, 15) is 0 Å². The van der Waals surface area contributed by atoms with Gasteiger partial charge >= 0.3 is 0 Å². The molecule has 1 aromatic carbocycles. The first-order valence-corrected chi connectivity index (χ1v) is 6.77. The summed E-state index contributed by atoms with van der Waals surface area (Å²) >= 11 is 0. The highest BCUT2D eigenvalue weighted by atomic mass is 15.0. The van der Waals surface area contributed by atoms with Gasteiger partial charge in [-0.2, -0.15) is 0 Å². The number of nitrogen functional groups attached to an aromatic ring is 1. The molecular weight excluding hydrogens is 260 g/mol. The highest BCUT2D eigenvalue weighted by Gasteiger charge is 2.12. The Balaban J connectivity index is 2.16. The van der Waals surface area contributed by atoms with Crippen molar-refractivity contribution in [2.75, 3.05) is 5.73 Å². The third-order valence-electron chi connectivity index (χ3n) is 3.40. The van der Waals surface area contributed by atoms with Crippen LogP contribution in [0.25, 0.3) is 22.6 Å². The van der Waals surface area contributed by atoms with Crippen LogP contribution in [0.1, 0.15) is 11.3 Å². The van der Waals surface area contributed by atoms with Crippen LogP contribution >= 0.6 is 0 Å². The number of aryl methyl sites for hydroxylation is 1. The number of aromatic nitrogens is 3. The van der Waals surface area contributed by atoms with Gasteiger partial charge in [0.05, 0.1) is 5.69 Å². The maximum atomic E-state index is 6.05. The molecule has 0 aliphatic heterocycles. The SMILES string of the molecule is Cc1ccc(-c2nc(N)c(C)c(-c3ccccc3)n2)cn1. The predicted molar refractivity (Wildman–Crippen MR) is 84.6 cm³/mol. The Hall–Kier alpha value is -2.75. The molecule has 0 amide bonds. The molecule has 3 rings (SSSR count). The molecule has 0 spiro atoms. The van der Waals surface area contributed by atoms with Gasteiger partial charge in [0.2, 0.25) is 0 Å². The average Bonchev–Trinajstić information content (AvgIpc) is 2.51. The van der Waals surface area contributed by atoms with Crippen molar-refractivity contribution in [2.45, 2.75) is 13.8 Å². The Bertz CT molecular complexity index is 765. The minimum Gasteiger partial charge on any atom is -0.383 e. The topological polar surface area (TPSA) is 64.7 Å². The molecule has 0 unspecified atom stereocenters. The molecule has 2 aromatic heterocycles. The quantitative estimate of drug-likeness (QED) is 0.779. The van der Waals surface area contributed by atoms with Crippen molar-refractivity contribution in [3.63, 3.8) is 0 Å². The first-order chi connectivity index (χ1) is 10.1. The summed E-state index contributed by atoms with van der Waals surface area (Å²) in [5, 5.41) is 0. The van der Waals surface area contributed by atoms with Crippen molar-refractivity contribution in [1.29, 1.82) is 0 Å². The van der Waals surface area contributed by atoms with Crippen LogP contribution in [0.4, 0.5) is 5.82 Å². The average molecular weight is 276 g/mol. The maximum absolute atomic E-state index is 6.05. The Kier molecular flexibility index (Phi) is 3.36. The normalized spacial score (nSPS) is 10.6. The summed E-state index contributed by atoms with van der Waals surface area (Å²) < 4.78 is 0. The van der Waals surface area contributed by atoms with Gasteiger partial charge in [-0.3, -0.25) is 4.98 Å². The molecule has 4 heteroatoms. The van der Waals surface area contributed by atoms with Crippen LogP contribution in [-0.4, -0.2) is 15.0 Å². The van der Waals surface area contributed by atoms with Crippen molar-refractivity contribution in [1.82, 2.24) is 15.0 Å². The standard InChI is InChI=1S/C17H16N4/c1-11-8-9-14(10-19-11)17-20-15(12(2)16(18)21-17)13-6-4-3-5-7-13/h3-10H,1-2H3,(H2,18,20,21). The third kappa shape index (κ3) is 2.60. The molecule has 3 aromatic rings. The molecule has 0 saturated carbocycles. The lowest BCUT2D eigenvalue weighted by molar-refractivity contribution is 1.13. The van der Waals surface area contributed by atoms with E-state index in [1.54, 1.807) is 6.20 Å². The highest BCUT2D eigenvalue weighted by molar-refractivity contribution is 5.70. The van der Waals surface area contributed by atoms with Crippen molar-refractivity contribution >= 4 is 5.82 Å². The zero-order chi connectivity index (χ0) is 14.8. The summed E-state index contributed by atoms with van der Waals surface area (Å²) in [6.07, 6.45) is 1.77. The second kappa shape index (κ2) is 5.32. The number of anilines is 1. The van der Waals surface area contributed by atoms with E-state index < -0.39 is 0 Å². The second-order valence-electron chi connectivity index (χ2n) is 4.96. The van der Waals surface area contributed by atoms with Crippen molar-refractivity contribution < 1.29 is 0 Å². The van der Waals surface area contributed by atoms with Gasteiger partial charge in [0.1, 0.15) is 5.82 Å². The van der Waals surface area contributed by atoms with E-state index in [0.29, 0.717) is 11.6 Å². The van der Waals surface area contributed by atoms with Gasteiger partial charge in [-0.1, -0.05) is 30.3 Å². The molecule has 2 heterocycles. The van der Waals surface area contributed by atoms with Gasteiger partial charge in [0.25, 0.3) is 0 Å². The summed E-state index contributed by atoms with van der Waals surface area (Å²) in [5.41, 5.74) is 10.7. The predicted octanol–water partition coefficient (Wildman–Crippen LogP) is 3.40. The van der Waals surface area contributed by atoms with Crippen LogP contribution in [0.3, 0.4) is 0 Å². The Morgan fingerprint density at radius 2 is 1.62 bits per heavy atom. The smallest absolute Gasteiger partial charge is 0.163 e. The van der Waals surface area contributed by atoms with E-state index in [2.05, 4.69) is 15.0 Å². The van der Waals surface area contributed by atoms with Crippen LogP contribution < -0.4 is 5.73 Å². The van der Waals surface area contributed by atoms with Crippen LogP contribution in [-0.2, 0) is 0 Å². The number of rotatable bonds is 2. The molecule has 21 heavy (non-hydrogen) atoms.